The summed E-state index contributed by atoms with van der Waals surface area (Å²) in [7, 11) is 0. The van der Waals surface area contributed by atoms with Crippen LogP contribution in [0.5, 0.6) is 5.88 Å². The maximum Gasteiger partial charge on any atom is 0.242 e. The Morgan fingerprint density at radius 2 is 2.09 bits per heavy atom. The topological polar surface area (TPSA) is 143 Å². The molecular formula is C14H22N6O3. The van der Waals surface area contributed by atoms with Gasteiger partial charge in [-0.3, -0.25) is 4.79 Å². The molecule has 0 bridgehead atoms. The molecule has 23 heavy (non-hydrogen) atoms. The van der Waals surface area contributed by atoms with Crippen LogP contribution in [0.25, 0.3) is 0 Å². The zero-order chi connectivity index (χ0) is 16.8. The van der Waals surface area contributed by atoms with Crippen molar-refractivity contribution >= 4 is 17.7 Å². The number of hydrogen-bond donors (Lipinski definition) is 3. The lowest BCUT2D eigenvalue weighted by molar-refractivity contribution is -0.137. The van der Waals surface area contributed by atoms with Crippen molar-refractivity contribution in [2.75, 3.05) is 37.8 Å². The summed E-state index contributed by atoms with van der Waals surface area (Å²) in [5.41, 5.74) is 16.5. The molecule has 1 aromatic heterocycles. The highest BCUT2D eigenvalue weighted by atomic mass is 16.6. The number of carbonyl (C=O) groups is 1. The van der Waals surface area contributed by atoms with Crippen LogP contribution in [0.4, 0.5) is 11.8 Å². The van der Waals surface area contributed by atoms with E-state index in [4.69, 9.17) is 26.7 Å². The smallest absolute Gasteiger partial charge is 0.242 e. The lowest BCUT2D eigenvalue weighted by Crippen LogP contribution is -2.56. The Morgan fingerprint density at radius 3 is 2.78 bits per heavy atom. The van der Waals surface area contributed by atoms with E-state index in [2.05, 4.69) is 9.97 Å². The number of fused-ring (bicyclic) bond motifs is 1. The van der Waals surface area contributed by atoms with Crippen LogP contribution >= 0.6 is 0 Å². The minimum Gasteiger partial charge on any atom is -0.466 e. The van der Waals surface area contributed by atoms with E-state index in [0.29, 0.717) is 50.0 Å². The molecule has 9 nitrogen and oxygen atoms in total. The number of carbonyl (C=O) groups excluding carboxylic acids is 1. The number of nitrogens with zero attached hydrogens (tertiary/aromatic N) is 3. The minimum absolute atomic E-state index is 0.0591. The molecule has 1 unspecified atom stereocenters. The number of rotatable bonds is 1. The van der Waals surface area contributed by atoms with Gasteiger partial charge in [0.05, 0.1) is 30.9 Å². The Kier molecular flexibility index (Phi) is 3.56. The number of nitrogen functional groups attached to an aromatic ring is 2. The molecule has 1 saturated heterocycles. The molecule has 1 aromatic rings. The molecule has 9 heteroatoms. The first-order valence-electron chi connectivity index (χ1n) is 7.47. The number of ether oxygens (including phenoxy) is 2. The zero-order valence-electron chi connectivity index (χ0n) is 13.3. The number of hydrogen-bond acceptors (Lipinski definition) is 8. The third-order valence-electron chi connectivity index (χ3n) is 4.02. The van der Waals surface area contributed by atoms with Crippen molar-refractivity contribution in [1.29, 1.82) is 0 Å². The quantitative estimate of drug-likeness (QED) is 0.592. The molecule has 0 radical (unpaired) electrons. The van der Waals surface area contributed by atoms with Gasteiger partial charge in [-0.15, -0.1) is 0 Å². The average Bonchev–Trinajstić information content (AvgIpc) is 2.66. The number of aromatic nitrogens is 2. The molecule has 2 aliphatic rings. The molecule has 1 fully saturated rings. The second-order valence-electron chi connectivity index (χ2n) is 6.71. The Labute approximate surface area is 134 Å². The molecule has 126 valence electrons. The fourth-order valence-corrected chi connectivity index (χ4v) is 2.97. The SMILES string of the molecule is CC(C)(N)C(=O)N1CCOCC2(Cc3c(N)nc(N)nc3O2)C1. The van der Waals surface area contributed by atoms with Crippen LogP contribution in [-0.4, -0.2) is 58.2 Å². The Hall–Kier alpha value is -2.13. The van der Waals surface area contributed by atoms with Crippen molar-refractivity contribution in [2.45, 2.75) is 31.4 Å². The van der Waals surface area contributed by atoms with E-state index in [0.717, 1.165) is 0 Å². The van der Waals surface area contributed by atoms with Gasteiger partial charge in [-0.25, -0.2) is 0 Å². The lowest BCUT2D eigenvalue weighted by atomic mass is 9.96. The third kappa shape index (κ3) is 2.89. The van der Waals surface area contributed by atoms with Gasteiger partial charge >= 0.3 is 0 Å². The number of anilines is 2. The van der Waals surface area contributed by atoms with Crippen molar-refractivity contribution in [3.63, 3.8) is 0 Å². The predicted octanol–water partition coefficient (Wildman–Crippen LogP) is -1.09. The highest BCUT2D eigenvalue weighted by Crippen LogP contribution is 2.38. The summed E-state index contributed by atoms with van der Waals surface area (Å²) in [6.45, 7) is 4.93. The summed E-state index contributed by atoms with van der Waals surface area (Å²) in [5.74, 6) is 0.565. The fourth-order valence-electron chi connectivity index (χ4n) is 2.97. The lowest BCUT2D eigenvalue weighted by Gasteiger charge is -2.34. The summed E-state index contributed by atoms with van der Waals surface area (Å²) in [6, 6.07) is 0. The molecule has 1 atom stereocenters. The molecule has 3 heterocycles. The summed E-state index contributed by atoms with van der Waals surface area (Å²) in [4.78, 5) is 22.3. The van der Waals surface area contributed by atoms with Gasteiger partial charge in [0.15, 0.2) is 5.60 Å². The molecule has 0 saturated carbocycles. The monoisotopic (exact) mass is 322 g/mol. The van der Waals surface area contributed by atoms with E-state index >= 15 is 0 Å². The van der Waals surface area contributed by atoms with Crippen LogP contribution in [0.15, 0.2) is 0 Å². The third-order valence-corrected chi connectivity index (χ3v) is 4.02. The standard InChI is InChI=1S/C14H22N6O3/c1-13(2,17)11(21)20-3-4-22-7-14(6-20)5-8-9(15)18-12(16)19-10(8)23-14/h3-7,17H2,1-2H3,(H4,15,16,18,19). The summed E-state index contributed by atoms with van der Waals surface area (Å²) in [6.07, 6.45) is 0.462. The van der Waals surface area contributed by atoms with Crippen molar-refractivity contribution in [1.82, 2.24) is 14.9 Å². The van der Waals surface area contributed by atoms with Crippen LogP contribution in [0.3, 0.4) is 0 Å². The molecule has 3 rings (SSSR count). The fraction of sp³-hybridized carbons (Fsp3) is 0.643. The second-order valence-corrected chi connectivity index (χ2v) is 6.71. The largest absolute Gasteiger partial charge is 0.466 e. The number of amides is 1. The molecule has 1 spiro atoms. The highest BCUT2D eigenvalue weighted by Gasteiger charge is 2.46. The van der Waals surface area contributed by atoms with Crippen LogP contribution in [0, 0.1) is 0 Å². The first kappa shape index (κ1) is 15.8. The van der Waals surface area contributed by atoms with E-state index in [-0.39, 0.29) is 11.9 Å². The van der Waals surface area contributed by atoms with Crippen LogP contribution in [0.2, 0.25) is 0 Å². The van der Waals surface area contributed by atoms with E-state index in [9.17, 15) is 4.79 Å². The molecule has 6 N–H and O–H groups in total. The zero-order valence-corrected chi connectivity index (χ0v) is 13.3. The molecular weight excluding hydrogens is 300 g/mol. The summed E-state index contributed by atoms with van der Waals surface area (Å²) in [5, 5.41) is 0. The van der Waals surface area contributed by atoms with Crippen LogP contribution in [0.1, 0.15) is 19.4 Å². The number of nitrogens with two attached hydrogens (primary N) is 3. The van der Waals surface area contributed by atoms with Gasteiger partial charge in [-0.1, -0.05) is 0 Å². The Bertz CT molecular complexity index is 644. The van der Waals surface area contributed by atoms with E-state index in [1.807, 2.05) is 0 Å². The van der Waals surface area contributed by atoms with Gasteiger partial charge in [0.2, 0.25) is 17.7 Å². The van der Waals surface area contributed by atoms with Gasteiger partial charge in [-0.2, -0.15) is 9.97 Å². The van der Waals surface area contributed by atoms with Gasteiger partial charge in [0.1, 0.15) is 5.82 Å². The summed E-state index contributed by atoms with van der Waals surface area (Å²) < 4.78 is 11.6. The van der Waals surface area contributed by atoms with Gasteiger partial charge in [0, 0.05) is 13.0 Å². The van der Waals surface area contributed by atoms with E-state index < -0.39 is 11.1 Å². The van der Waals surface area contributed by atoms with Gasteiger partial charge in [-0.05, 0) is 13.8 Å². The van der Waals surface area contributed by atoms with Crippen molar-refractivity contribution in [3.05, 3.63) is 5.56 Å². The average molecular weight is 322 g/mol. The second kappa shape index (κ2) is 5.20. The highest BCUT2D eigenvalue weighted by molar-refractivity contribution is 5.85. The normalized spacial score (nSPS) is 24.2. The van der Waals surface area contributed by atoms with Gasteiger partial charge < -0.3 is 31.6 Å². The maximum absolute atomic E-state index is 12.5. The van der Waals surface area contributed by atoms with Crippen LogP contribution in [-0.2, 0) is 16.0 Å². The molecule has 1 amide bonds. The van der Waals surface area contributed by atoms with Crippen molar-refractivity contribution in [2.24, 2.45) is 5.73 Å². The van der Waals surface area contributed by atoms with Crippen LogP contribution < -0.4 is 21.9 Å². The molecule has 2 aliphatic heterocycles. The van der Waals surface area contributed by atoms with Crippen molar-refractivity contribution < 1.29 is 14.3 Å². The van der Waals surface area contributed by atoms with E-state index in [1.165, 1.54) is 0 Å². The molecule has 0 aromatic carbocycles. The van der Waals surface area contributed by atoms with E-state index in [1.54, 1.807) is 18.7 Å². The predicted molar refractivity (Wildman–Crippen MR) is 83.6 cm³/mol. The molecule has 0 aliphatic carbocycles. The Balaban J connectivity index is 1.88. The minimum atomic E-state index is -0.958. The van der Waals surface area contributed by atoms with Gasteiger partial charge in [0.25, 0.3) is 0 Å². The van der Waals surface area contributed by atoms with Crippen molar-refractivity contribution in [3.8, 4) is 5.88 Å². The Morgan fingerprint density at radius 1 is 1.35 bits per heavy atom. The maximum atomic E-state index is 12.5. The first-order valence-corrected chi connectivity index (χ1v) is 7.47. The first-order chi connectivity index (χ1) is 10.7. The summed E-state index contributed by atoms with van der Waals surface area (Å²) >= 11 is 0.